The van der Waals surface area contributed by atoms with Crippen LogP contribution in [0.25, 0.3) is 10.9 Å². The fourth-order valence-corrected chi connectivity index (χ4v) is 3.01. The van der Waals surface area contributed by atoms with E-state index < -0.39 is 5.97 Å². The molecule has 1 aromatic heterocycles. The lowest BCUT2D eigenvalue weighted by Crippen LogP contribution is -2.38. The molecular formula is C16H18N2O2. The molecule has 104 valence electrons. The summed E-state index contributed by atoms with van der Waals surface area (Å²) in [5.74, 6) is -0.524. The fourth-order valence-electron chi connectivity index (χ4n) is 3.01. The lowest BCUT2D eigenvalue weighted by atomic mass is 10.0. The Labute approximate surface area is 118 Å². The molecule has 0 aliphatic carbocycles. The second-order valence-electron chi connectivity index (χ2n) is 5.51. The van der Waals surface area contributed by atoms with Crippen LogP contribution in [0.3, 0.4) is 0 Å². The van der Waals surface area contributed by atoms with Gasteiger partial charge in [-0.1, -0.05) is 31.2 Å². The average Bonchev–Trinajstić information content (AvgIpc) is 2.79. The van der Waals surface area contributed by atoms with Crippen LogP contribution in [-0.4, -0.2) is 33.5 Å². The Bertz CT molecular complexity index is 641. The standard InChI is InChI=1S/C16H18N2O2/c1-11-8-9-18(15(11)16(19)20)10-13-7-6-12-4-2-3-5-14(12)17-13/h2-7,11,15H,8-10H2,1H3,(H,19,20). The Morgan fingerprint density at radius 1 is 1.35 bits per heavy atom. The lowest BCUT2D eigenvalue weighted by Gasteiger charge is -2.22. The highest BCUT2D eigenvalue weighted by atomic mass is 16.4. The molecule has 1 aliphatic rings. The summed E-state index contributed by atoms with van der Waals surface area (Å²) < 4.78 is 0. The molecule has 4 heteroatoms. The van der Waals surface area contributed by atoms with Crippen LogP contribution in [-0.2, 0) is 11.3 Å². The number of pyridine rings is 1. The second-order valence-corrected chi connectivity index (χ2v) is 5.51. The summed E-state index contributed by atoms with van der Waals surface area (Å²) in [4.78, 5) is 18.0. The zero-order chi connectivity index (χ0) is 14.1. The Balaban J connectivity index is 1.84. The van der Waals surface area contributed by atoms with Crippen molar-refractivity contribution in [3.63, 3.8) is 0 Å². The molecule has 1 N–H and O–H groups in total. The van der Waals surface area contributed by atoms with Crippen LogP contribution in [0, 0.1) is 5.92 Å². The van der Waals surface area contributed by atoms with E-state index in [1.54, 1.807) is 0 Å². The number of aliphatic carboxylic acids is 1. The average molecular weight is 270 g/mol. The number of fused-ring (bicyclic) bond motifs is 1. The van der Waals surface area contributed by atoms with Crippen LogP contribution in [0.1, 0.15) is 19.0 Å². The van der Waals surface area contributed by atoms with E-state index in [4.69, 9.17) is 0 Å². The first-order valence-corrected chi connectivity index (χ1v) is 6.96. The van der Waals surface area contributed by atoms with E-state index >= 15 is 0 Å². The summed E-state index contributed by atoms with van der Waals surface area (Å²) in [6, 6.07) is 11.6. The van der Waals surface area contributed by atoms with Gasteiger partial charge in [-0.2, -0.15) is 0 Å². The van der Waals surface area contributed by atoms with E-state index in [0.29, 0.717) is 6.54 Å². The van der Waals surface area contributed by atoms with Gasteiger partial charge in [-0.3, -0.25) is 14.7 Å². The zero-order valence-electron chi connectivity index (χ0n) is 11.5. The van der Waals surface area contributed by atoms with E-state index in [1.807, 2.05) is 48.2 Å². The first-order chi connectivity index (χ1) is 9.65. The summed E-state index contributed by atoms with van der Waals surface area (Å²) >= 11 is 0. The Kier molecular flexibility index (Phi) is 3.40. The highest BCUT2D eigenvalue weighted by Gasteiger charge is 2.36. The van der Waals surface area contributed by atoms with Crippen molar-refractivity contribution >= 4 is 16.9 Å². The maximum Gasteiger partial charge on any atom is 0.321 e. The second kappa shape index (κ2) is 5.21. The topological polar surface area (TPSA) is 53.4 Å². The largest absolute Gasteiger partial charge is 0.480 e. The van der Waals surface area contributed by atoms with Gasteiger partial charge in [0.2, 0.25) is 0 Å². The molecular weight excluding hydrogens is 252 g/mol. The lowest BCUT2D eigenvalue weighted by molar-refractivity contribution is -0.143. The number of aromatic nitrogens is 1. The molecule has 1 aliphatic heterocycles. The van der Waals surface area contributed by atoms with Gasteiger partial charge in [-0.05, 0) is 31.0 Å². The van der Waals surface area contributed by atoms with Crippen molar-refractivity contribution in [2.45, 2.75) is 25.9 Å². The van der Waals surface area contributed by atoms with Gasteiger partial charge in [0, 0.05) is 11.9 Å². The third kappa shape index (κ3) is 2.39. The van der Waals surface area contributed by atoms with Crippen molar-refractivity contribution in [2.75, 3.05) is 6.54 Å². The molecule has 0 amide bonds. The third-order valence-corrected chi connectivity index (χ3v) is 4.08. The number of carbonyl (C=O) groups is 1. The monoisotopic (exact) mass is 270 g/mol. The Hall–Kier alpha value is -1.94. The Morgan fingerprint density at radius 2 is 2.15 bits per heavy atom. The van der Waals surface area contributed by atoms with E-state index in [2.05, 4.69) is 4.98 Å². The smallest absolute Gasteiger partial charge is 0.321 e. The molecule has 1 fully saturated rings. The van der Waals surface area contributed by atoms with Gasteiger partial charge in [-0.15, -0.1) is 0 Å². The molecule has 20 heavy (non-hydrogen) atoms. The van der Waals surface area contributed by atoms with Crippen molar-refractivity contribution in [2.24, 2.45) is 5.92 Å². The molecule has 4 nitrogen and oxygen atoms in total. The van der Waals surface area contributed by atoms with Gasteiger partial charge in [0.05, 0.1) is 11.2 Å². The van der Waals surface area contributed by atoms with Crippen LogP contribution in [0.4, 0.5) is 0 Å². The van der Waals surface area contributed by atoms with Crippen molar-refractivity contribution in [1.82, 2.24) is 9.88 Å². The molecule has 2 heterocycles. The maximum absolute atomic E-state index is 11.4. The number of rotatable bonds is 3. The molecule has 0 spiro atoms. The molecule has 1 saturated heterocycles. The number of likely N-dealkylation sites (tertiary alicyclic amines) is 1. The highest BCUT2D eigenvalue weighted by molar-refractivity contribution is 5.78. The zero-order valence-corrected chi connectivity index (χ0v) is 11.5. The summed E-state index contributed by atoms with van der Waals surface area (Å²) in [7, 11) is 0. The minimum atomic E-state index is -0.726. The minimum absolute atomic E-state index is 0.202. The number of carboxylic acid groups (broad SMARTS) is 1. The van der Waals surface area contributed by atoms with E-state index in [9.17, 15) is 9.90 Å². The van der Waals surface area contributed by atoms with Crippen molar-refractivity contribution < 1.29 is 9.90 Å². The number of carboxylic acids is 1. The van der Waals surface area contributed by atoms with Crippen LogP contribution in [0.5, 0.6) is 0 Å². The Morgan fingerprint density at radius 3 is 2.95 bits per heavy atom. The van der Waals surface area contributed by atoms with Gasteiger partial charge >= 0.3 is 5.97 Å². The summed E-state index contributed by atoms with van der Waals surface area (Å²) in [6.45, 7) is 3.44. The molecule has 0 bridgehead atoms. The summed E-state index contributed by atoms with van der Waals surface area (Å²) in [5, 5.41) is 10.5. The fraction of sp³-hybridized carbons (Fsp3) is 0.375. The third-order valence-electron chi connectivity index (χ3n) is 4.08. The first-order valence-electron chi connectivity index (χ1n) is 6.96. The van der Waals surface area contributed by atoms with Gasteiger partial charge < -0.3 is 5.11 Å². The predicted octanol–water partition coefficient (Wildman–Crippen LogP) is 2.53. The molecule has 2 atom stereocenters. The molecule has 0 saturated carbocycles. The van der Waals surface area contributed by atoms with Crippen molar-refractivity contribution in [1.29, 1.82) is 0 Å². The van der Waals surface area contributed by atoms with Crippen LogP contribution in [0.15, 0.2) is 36.4 Å². The van der Waals surface area contributed by atoms with E-state index in [0.717, 1.165) is 29.6 Å². The van der Waals surface area contributed by atoms with Gasteiger partial charge in [0.25, 0.3) is 0 Å². The van der Waals surface area contributed by atoms with Crippen LogP contribution < -0.4 is 0 Å². The summed E-state index contributed by atoms with van der Waals surface area (Å²) in [6.07, 6.45) is 0.935. The molecule has 2 unspecified atom stereocenters. The van der Waals surface area contributed by atoms with Crippen LogP contribution >= 0.6 is 0 Å². The first kappa shape index (κ1) is 13.1. The number of hydrogen-bond donors (Lipinski definition) is 1. The number of hydrogen-bond acceptors (Lipinski definition) is 3. The quantitative estimate of drug-likeness (QED) is 0.931. The number of nitrogens with zero attached hydrogens (tertiary/aromatic N) is 2. The van der Waals surface area contributed by atoms with Gasteiger partial charge in [0.1, 0.15) is 6.04 Å². The number of para-hydroxylation sites is 1. The summed E-state index contributed by atoms with van der Waals surface area (Å²) in [5.41, 5.74) is 1.90. The molecule has 3 rings (SSSR count). The van der Waals surface area contributed by atoms with Crippen molar-refractivity contribution in [3.8, 4) is 0 Å². The van der Waals surface area contributed by atoms with Crippen molar-refractivity contribution in [3.05, 3.63) is 42.1 Å². The SMILES string of the molecule is CC1CCN(Cc2ccc3ccccc3n2)C1C(=O)O. The normalized spacial score (nSPS) is 23.2. The van der Waals surface area contributed by atoms with Crippen LogP contribution in [0.2, 0.25) is 0 Å². The minimum Gasteiger partial charge on any atom is -0.480 e. The van der Waals surface area contributed by atoms with Gasteiger partial charge in [0.15, 0.2) is 0 Å². The van der Waals surface area contributed by atoms with Gasteiger partial charge in [-0.25, -0.2) is 0 Å². The predicted molar refractivity (Wildman–Crippen MR) is 77.4 cm³/mol. The molecule has 1 aromatic carbocycles. The number of benzene rings is 1. The van der Waals surface area contributed by atoms with E-state index in [-0.39, 0.29) is 12.0 Å². The maximum atomic E-state index is 11.4. The highest BCUT2D eigenvalue weighted by Crippen LogP contribution is 2.26. The molecule has 0 radical (unpaired) electrons. The van der Waals surface area contributed by atoms with E-state index in [1.165, 1.54) is 0 Å². The molecule has 2 aromatic rings.